The molecule has 2 aliphatic carbocycles. The molecule has 0 radical (unpaired) electrons. The Morgan fingerprint density at radius 3 is 2.86 bits per heavy atom. The lowest BCUT2D eigenvalue weighted by Gasteiger charge is -2.15. The zero-order valence-electron chi connectivity index (χ0n) is 12.1. The minimum atomic E-state index is -0.331. The maximum absolute atomic E-state index is 14.0. The number of amides is 1. The van der Waals surface area contributed by atoms with E-state index >= 15 is 0 Å². The van der Waals surface area contributed by atoms with Crippen molar-refractivity contribution in [2.45, 2.75) is 31.7 Å². The number of carbonyl (C=O) groups is 2. The average Bonchev–Trinajstić information content (AvgIpc) is 3.19. The molecule has 1 unspecified atom stereocenters. The third-order valence-corrected chi connectivity index (χ3v) is 4.28. The van der Waals surface area contributed by atoms with Gasteiger partial charge in [0.1, 0.15) is 12.1 Å². The second kappa shape index (κ2) is 5.56. The molecule has 4 nitrogen and oxygen atoms in total. The molecule has 0 saturated heterocycles. The van der Waals surface area contributed by atoms with E-state index < -0.39 is 0 Å². The summed E-state index contributed by atoms with van der Waals surface area (Å²) in [4.78, 5) is 24.8. The van der Waals surface area contributed by atoms with Crippen LogP contribution in [0.25, 0.3) is 0 Å². The second-order valence-electron chi connectivity index (χ2n) is 6.09. The summed E-state index contributed by atoms with van der Waals surface area (Å²) in [6.45, 7) is 0.320. The molecule has 112 valence electrons. The van der Waals surface area contributed by atoms with Crippen LogP contribution in [-0.4, -0.2) is 36.7 Å². The van der Waals surface area contributed by atoms with Gasteiger partial charge in [0.05, 0.1) is 6.54 Å². The Balaban J connectivity index is 1.67. The molecule has 1 atom stereocenters. The summed E-state index contributed by atoms with van der Waals surface area (Å²) in [5, 5.41) is 2.75. The summed E-state index contributed by atoms with van der Waals surface area (Å²) >= 11 is 0. The topological polar surface area (TPSA) is 49.4 Å². The fourth-order valence-electron chi connectivity index (χ4n) is 2.96. The van der Waals surface area contributed by atoms with Crippen molar-refractivity contribution in [3.8, 4) is 0 Å². The van der Waals surface area contributed by atoms with Crippen molar-refractivity contribution in [2.75, 3.05) is 18.9 Å². The lowest BCUT2D eigenvalue weighted by atomic mass is 10.1. The number of hydrogen-bond acceptors (Lipinski definition) is 3. The van der Waals surface area contributed by atoms with E-state index in [1.165, 1.54) is 6.07 Å². The number of carbonyl (C=O) groups excluding carboxylic acids is 2. The van der Waals surface area contributed by atoms with Crippen LogP contribution in [0, 0.1) is 11.7 Å². The summed E-state index contributed by atoms with van der Waals surface area (Å²) < 4.78 is 14.0. The standard InChI is InChI=1S/C16H19FN2O2/c1-19(13-2-3-13)8-16(21)18-12-6-11-4-10(9-20)5-14(11)15(17)7-12/h6-7,9-10,13H,2-5,8H2,1H3,(H,18,21). The maximum Gasteiger partial charge on any atom is 0.238 e. The molecule has 0 aliphatic heterocycles. The molecular formula is C16H19FN2O2. The molecule has 5 heteroatoms. The molecule has 3 rings (SSSR count). The second-order valence-corrected chi connectivity index (χ2v) is 6.09. The number of rotatable bonds is 5. The monoisotopic (exact) mass is 290 g/mol. The molecule has 1 saturated carbocycles. The van der Waals surface area contributed by atoms with Crippen molar-refractivity contribution < 1.29 is 14.0 Å². The fourth-order valence-corrected chi connectivity index (χ4v) is 2.96. The van der Waals surface area contributed by atoms with Crippen molar-refractivity contribution >= 4 is 17.9 Å². The van der Waals surface area contributed by atoms with Gasteiger partial charge in [-0.05, 0) is 56.0 Å². The third kappa shape index (κ3) is 3.13. The number of hydrogen-bond donors (Lipinski definition) is 1. The number of likely N-dealkylation sites (N-methyl/N-ethyl adjacent to an activating group) is 1. The summed E-state index contributed by atoms with van der Waals surface area (Å²) in [5.74, 6) is -0.599. The zero-order chi connectivity index (χ0) is 15.0. The van der Waals surface area contributed by atoms with E-state index in [0.717, 1.165) is 24.7 Å². The van der Waals surface area contributed by atoms with Crippen molar-refractivity contribution in [3.05, 3.63) is 29.1 Å². The van der Waals surface area contributed by atoms with Crippen LogP contribution < -0.4 is 5.32 Å². The summed E-state index contributed by atoms with van der Waals surface area (Å²) in [5.41, 5.74) is 1.92. The van der Waals surface area contributed by atoms with Gasteiger partial charge in [-0.15, -0.1) is 0 Å². The van der Waals surface area contributed by atoms with E-state index in [1.54, 1.807) is 6.07 Å². The van der Waals surface area contributed by atoms with Gasteiger partial charge in [0, 0.05) is 17.6 Å². The predicted octanol–water partition coefficient (Wildman–Crippen LogP) is 1.77. The van der Waals surface area contributed by atoms with Crippen LogP contribution in [0.3, 0.4) is 0 Å². The van der Waals surface area contributed by atoms with Crippen molar-refractivity contribution in [1.29, 1.82) is 0 Å². The number of benzene rings is 1. The Morgan fingerprint density at radius 1 is 1.43 bits per heavy atom. The van der Waals surface area contributed by atoms with Crippen molar-refractivity contribution in [3.63, 3.8) is 0 Å². The van der Waals surface area contributed by atoms with Gasteiger partial charge in [0.25, 0.3) is 0 Å². The van der Waals surface area contributed by atoms with Crippen LogP contribution >= 0.6 is 0 Å². The first kappa shape index (κ1) is 14.2. The largest absolute Gasteiger partial charge is 0.325 e. The van der Waals surface area contributed by atoms with E-state index in [2.05, 4.69) is 5.32 Å². The third-order valence-electron chi connectivity index (χ3n) is 4.28. The molecule has 0 aromatic heterocycles. The van der Waals surface area contributed by atoms with Crippen LogP contribution in [0.4, 0.5) is 10.1 Å². The molecule has 1 aromatic rings. The SMILES string of the molecule is CN(CC(=O)Nc1cc(F)c2c(c1)CC(C=O)C2)C1CC1. The maximum atomic E-state index is 14.0. The molecular weight excluding hydrogens is 271 g/mol. The number of nitrogens with one attached hydrogen (secondary N) is 1. The van der Waals surface area contributed by atoms with Crippen LogP contribution in [0.2, 0.25) is 0 Å². The van der Waals surface area contributed by atoms with Gasteiger partial charge in [-0.3, -0.25) is 9.69 Å². The zero-order valence-corrected chi connectivity index (χ0v) is 12.1. The summed E-state index contributed by atoms with van der Waals surface area (Å²) in [7, 11) is 1.93. The van der Waals surface area contributed by atoms with Crippen LogP contribution in [-0.2, 0) is 22.4 Å². The Morgan fingerprint density at radius 2 is 2.19 bits per heavy atom. The Kier molecular flexibility index (Phi) is 3.76. The van der Waals surface area contributed by atoms with Crippen LogP contribution in [0.1, 0.15) is 24.0 Å². The average molecular weight is 290 g/mol. The minimum Gasteiger partial charge on any atom is -0.325 e. The highest BCUT2D eigenvalue weighted by molar-refractivity contribution is 5.92. The van der Waals surface area contributed by atoms with E-state index in [1.807, 2.05) is 11.9 Å². The smallest absolute Gasteiger partial charge is 0.238 e. The molecule has 1 fully saturated rings. The molecule has 21 heavy (non-hydrogen) atoms. The highest BCUT2D eigenvalue weighted by Gasteiger charge is 2.28. The predicted molar refractivity (Wildman–Crippen MR) is 77.6 cm³/mol. The number of halogens is 1. The van der Waals surface area contributed by atoms with Crippen molar-refractivity contribution in [2.24, 2.45) is 5.92 Å². The Bertz CT molecular complexity index is 584. The van der Waals surface area contributed by atoms with E-state index in [9.17, 15) is 14.0 Å². The quantitative estimate of drug-likeness (QED) is 0.841. The van der Waals surface area contributed by atoms with Gasteiger partial charge in [0.15, 0.2) is 0 Å². The van der Waals surface area contributed by atoms with E-state index in [0.29, 0.717) is 36.7 Å². The first-order chi connectivity index (χ1) is 10.1. The number of anilines is 1. The molecule has 2 aliphatic rings. The van der Waals surface area contributed by atoms with Gasteiger partial charge in [-0.2, -0.15) is 0 Å². The lowest BCUT2D eigenvalue weighted by molar-refractivity contribution is -0.117. The first-order valence-electron chi connectivity index (χ1n) is 7.33. The number of aldehydes is 1. The normalized spacial score (nSPS) is 20.4. The number of fused-ring (bicyclic) bond motifs is 1. The fraction of sp³-hybridized carbons (Fsp3) is 0.500. The molecule has 0 spiro atoms. The molecule has 1 amide bonds. The molecule has 0 heterocycles. The lowest BCUT2D eigenvalue weighted by Crippen LogP contribution is -2.31. The first-order valence-corrected chi connectivity index (χ1v) is 7.33. The van der Waals surface area contributed by atoms with Gasteiger partial charge in [0.2, 0.25) is 5.91 Å². The van der Waals surface area contributed by atoms with E-state index in [-0.39, 0.29) is 17.6 Å². The molecule has 0 bridgehead atoms. The van der Waals surface area contributed by atoms with Crippen LogP contribution in [0.5, 0.6) is 0 Å². The Hall–Kier alpha value is -1.75. The summed E-state index contributed by atoms with van der Waals surface area (Å²) in [6.07, 6.45) is 4.18. The van der Waals surface area contributed by atoms with E-state index in [4.69, 9.17) is 0 Å². The van der Waals surface area contributed by atoms with Gasteiger partial charge < -0.3 is 10.1 Å². The molecule has 1 aromatic carbocycles. The highest BCUT2D eigenvalue weighted by Crippen LogP contribution is 2.31. The van der Waals surface area contributed by atoms with Gasteiger partial charge in [-0.25, -0.2) is 4.39 Å². The Labute approximate surface area is 123 Å². The van der Waals surface area contributed by atoms with Crippen molar-refractivity contribution in [1.82, 2.24) is 4.90 Å². The highest BCUT2D eigenvalue weighted by atomic mass is 19.1. The minimum absolute atomic E-state index is 0.131. The van der Waals surface area contributed by atoms with Gasteiger partial charge in [-0.1, -0.05) is 0 Å². The molecule has 1 N–H and O–H groups in total. The summed E-state index contributed by atoms with van der Waals surface area (Å²) in [6, 6.07) is 3.65. The van der Waals surface area contributed by atoms with Gasteiger partial charge >= 0.3 is 0 Å². The van der Waals surface area contributed by atoms with Crippen LogP contribution in [0.15, 0.2) is 12.1 Å². The number of nitrogens with zero attached hydrogens (tertiary/aromatic N) is 1.